The molecule has 1 aliphatic heterocycles. The molecule has 4 aromatic rings. The van der Waals surface area contributed by atoms with Crippen LogP contribution in [0.2, 0.25) is 0 Å². The fourth-order valence-electron chi connectivity index (χ4n) is 5.51. The van der Waals surface area contributed by atoms with E-state index in [0.29, 0.717) is 13.0 Å². The van der Waals surface area contributed by atoms with Crippen LogP contribution >= 0.6 is 0 Å². The van der Waals surface area contributed by atoms with Gasteiger partial charge in [0.15, 0.2) is 11.6 Å². The maximum Gasteiger partial charge on any atom is 0.408 e. The number of benzene rings is 4. The van der Waals surface area contributed by atoms with E-state index in [0.717, 1.165) is 22.3 Å². The Bertz CT molecular complexity index is 1630. The molecule has 1 aliphatic rings. The highest BCUT2D eigenvalue weighted by atomic mass is 16.6. The van der Waals surface area contributed by atoms with Crippen molar-refractivity contribution in [2.75, 3.05) is 6.61 Å². The molecule has 8 heteroatoms. The molecule has 0 bridgehead atoms. The van der Waals surface area contributed by atoms with Gasteiger partial charge >= 0.3 is 6.09 Å². The normalized spacial score (nSPS) is 17.0. The number of Topliss-reactive ketones (excluding diaryl/α,β-unsaturated/α-hetero) is 2. The van der Waals surface area contributed by atoms with Crippen molar-refractivity contribution < 1.29 is 28.7 Å². The summed E-state index contributed by atoms with van der Waals surface area (Å²) < 4.78 is 10.9. The van der Waals surface area contributed by atoms with Gasteiger partial charge in [0.1, 0.15) is 12.2 Å². The first-order chi connectivity index (χ1) is 22.8. The van der Waals surface area contributed by atoms with Gasteiger partial charge in [-0.15, -0.1) is 0 Å². The first kappa shape index (κ1) is 33.3. The van der Waals surface area contributed by atoms with Gasteiger partial charge in [-0.05, 0) is 48.4 Å². The lowest BCUT2D eigenvalue weighted by molar-refractivity contribution is -0.134. The van der Waals surface area contributed by atoms with Crippen LogP contribution in [0.3, 0.4) is 0 Å². The van der Waals surface area contributed by atoms with E-state index >= 15 is 0 Å². The van der Waals surface area contributed by atoms with Crippen LogP contribution < -0.4 is 10.6 Å². The zero-order valence-electron chi connectivity index (χ0n) is 26.5. The number of alkyl carbamates (subject to hydrolysis) is 1. The van der Waals surface area contributed by atoms with Crippen molar-refractivity contribution >= 4 is 23.6 Å². The van der Waals surface area contributed by atoms with Crippen LogP contribution in [-0.2, 0) is 49.7 Å². The van der Waals surface area contributed by atoms with E-state index in [9.17, 15) is 19.2 Å². The largest absolute Gasteiger partial charge is 0.445 e. The Morgan fingerprint density at radius 2 is 1.11 bits per heavy atom. The molecule has 0 aliphatic carbocycles. The summed E-state index contributed by atoms with van der Waals surface area (Å²) in [6, 6.07) is 35.8. The fraction of sp³-hybridized carbons (Fsp3) is 0.282. The topological polar surface area (TPSA) is 114 Å². The molecule has 4 atom stereocenters. The summed E-state index contributed by atoms with van der Waals surface area (Å²) in [5.41, 5.74) is 2.50. The summed E-state index contributed by atoms with van der Waals surface area (Å²) in [7, 11) is 0. The fourth-order valence-corrected chi connectivity index (χ4v) is 5.51. The number of ether oxygens (including phenoxy) is 2. The summed E-state index contributed by atoms with van der Waals surface area (Å²) in [5, 5.41) is 5.72. The third kappa shape index (κ3) is 9.95. The number of epoxide rings is 1. The minimum absolute atomic E-state index is 0.0530. The van der Waals surface area contributed by atoms with E-state index in [-0.39, 0.29) is 37.4 Å². The summed E-state index contributed by atoms with van der Waals surface area (Å²) in [6.07, 6.45) is -0.0863. The molecule has 47 heavy (non-hydrogen) atoms. The average molecular weight is 633 g/mol. The summed E-state index contributed by atoms with van der Waals surface area (Å²) in [6.45, 7) is 2.07. The number of ketones is 2. The molecule has 2 unspecified atom stereocenters. The Balaban J connectivity index is 1.34. The second-order valence-corrected chi connectivity index (χ2v) is 12.1. The predicted molar refractivity (Wildman–Crippen MR) is 178 cm³/mol. The molecule has 0 aromatic heterocycles. The molecular weight excluding hydrogens is 592 g/mol. The van der Waals surface area contributed by atoms with Crippen LogP contribution in [0.15, 0.2) is 121 Å². The lowest BCUT2D eigenvalue weighted by Crippen LogP contribution is -2.50. The van der Waals surface area contributed by atoms with Gasteiger partial charge in [-0.2, -0.15) is 0 Å². The van der Waals surface area contributed by atoms with Crippen LogP contribution in [0.25, 0.3) is 0 Å². The molecule has 0 saturated carbocycles. The highest BCUT2D eigenvalue weighted by Crippen LogP contribution is 2.29. The minimum atomic E-state index is -0.942. The van der Waals surface area contributed by atoms with Gasteiger partial charge < -0.3 is 20.1 Å². The Kier molecular flexibility index (Phi) is 11.3. The van der Waals surface area contributed by atoms with Gasteiger partial charge in [0.2, 0.25) is 5.91 Å². The van der Waals surface area contributed by atoms with Gasteiger partial charge in [0.05, 0.1) is 18.7 Å². The third-order valence-corrected chi connectivity index (χ3v) is 8.33. The third-order valence-electron chi connectivity index (χ3n) is 8.33. The highest BCUT2D eigenvalue weighted by molar-refractivity contribution is 5.98. The lowest BCUT2D eigenvalue weighted by atomic mass is 9.88. The van der Waals surface area contributed by atoms with Crippen LogP contribution in [-0.4, -0.2) is 47.9 Å². The smallest absolute Gasteiger partial charge is 0.408 e. The SMILES string of the molecule is C[C@]1(C(=O)C(Cc2ccccc2)NC(=O)[C@@H](CC(=O)C(Cc2ccccc2)NC(=O)OCc2ccccc2)Cc2ccccc2)CO1. The molecular formula is C39H40N2O6. The van der Waals surface area contributed by atoms with E-state index in [1.54, 1.807) is 6.92 Å². The summed E-state index contributed by atoms with van der Waals surface area (Å²) in [5.74, 6) is -1.73. The summed E-state index contributed by atoms with van der Waals surface area (Å²) >= 11 is 0. The standard InChI is InChI=1S/C39H40N2O6/c1-39(27-47-39)36(43)34(24-30-18-10-4-11-19-30)40-37(44)32(22-28-14-6-2-7-15-28)25-35(42)33(23-29-16-8-3-9-17-29)41-38(45)46-26-31-20-12-5-13-21-31/h2-21,32-34H,22-27H2,1H3,(H,40,44)(H,41,45)/t32-,33?,34?,39-/m1/s1. The molecule has 5 rings (SSSR count). The second-order valence-electron chi connectivity index (χ2n) is 12.1. The molecule has 1 heterocycles. The van der Waals surface area contributed by atoms with Gasteiger partial charge in [0, 0.05) is 12.3 Å². The van der Waals surface area contributed by atoms with Crippen LogP contribution in [0, 0.1) is 5.92 Å². The van der Waals surface area contributed by atoms with Crippen molar-refractivity contribution in [1.82, 2.24) is 10.6 Å². The van der Waals surface area contributed by atoms with E-state index in [2.05, 4.69) is 10.6 Å². The zero-order chi connectivity index (χ0) is 33.1. The average Bonchev–Trinajstić information content (AvgIpc) is 3.86. The molecule has 242 valence electrons. The van der Waals surface area contributed by atoms with E-state index in [4.69, 9.17) is 9.47 Å². The van der Waals surface area contributed by atoms with Crippen molar-refractivity contribution in [1.29, 1.82) is 0 Å². The Labute approximate surface area is 275 Å². The quantitative estimate of drug-likeness (QED) is 0.159. The first-order valence-corrected chi connectivity index (χ1v) is 15.9. The number of carbonyl (C=O) groups is 4. The second kappa shape index (κ2) is 16.0. The molecule has 4 aromatic carbocycles. The van der Waals surface area contributed by atoms with E-state index in [1.165, 1.54) is 0 Å². The molecule has 1 fully saturated rings. The van der Waals surface area contributed by atoms with Gasteiger partial charge in [-0.1, -0.05) is 121 Å². The first-order valence-electron chi connectivity index (χ1n) is 15.9. The molecule has 2 amide bonds. The van der Waals surface area contributed by atoms with Crippen molar-refractivity contribution in [3.05, 3.63) is 144 Å². The van der Waals surface area contributed by atoms with Crippen LogP contribution in [0.1, 0.15) is 35.6 Å². The zero-order valence-corrected chi connectivity index (χ0v) is 26.5. The van der Waals surface area contributed by atoms with Crippen molar-refractivity contribution in [2.24, 2.45) is 5.92 Å². The number of amides is 2. The molecule has 2 N–H and O–H groups in total. The van der Waals surface area contributed by atoms with Crippen LogP contribution in [0.5, 0.6) is 0 Å². The number of rotatable bonds is 16. The molecule has 0 spiro atoms. The Hall–Kier alpha value is -5.08. The maximum absolute atomic E-state index is 14.0. The minimum Gasteiger partial charge on any atom is -0.445 e. The number of hydrogen-bond donors (Lipinski definition) is 2. The number of carbonyl (C=O) groups excluding carboxylic acids is 4. The van der Waals surface area contributed by atoms with Crippen molar-refractivity contribution in [3.8, 4) is 0 Å². The predicted octanol–water partition coefficient (Wildman–Crippen LogP) is 5.43. The van der Waals surface area contributed by atoms with Gasteiger partial charge in [-0.3, -0.25) is 14.4 Å². The number of hydrogen-bond acceptors (Lipinski definition) is 6. The highest BCUT2D eigenvalue weighted by Gasteiger charge is 2.50. The number of nitrogens with one attached hydrogen (secondary N) is 2. The van der Waals surface area contributed by atoms with Gasteiger partial charge in [0.25, 0.3) is 0 Å². The Morgan fingerprint density at radius 3 is 1.60 bits per heavy atom. The Morgan fingerprint density at radius 1 is 0.660 bits per heavy atom. The monoisotopic (exact) mass is 632 g/mol. The molecule has 0 radical (unpaired) electrons. The lowest BCUT2D eigenvalue weighted by Gasteiger charge is -2.25. The van der Waals surface area contributed by atoms with E-state index < -0.39 is 35.6 Å². The van der Waals surface area contributed by atoms with E-state index in [1.807, 2.05) is 121 Å². The molecule has 8 nitrogen and oxygen atoms in total. The van der Waals surface area contributed by atoms with Crippen LogP contribution in [0.4, 0.5) is 4.79 Å². The molecule has 1 saturated heterocycles. The summed E-state index contributed by atoms with van der Waals surface area (Å²) in [4.78, 5) is 54.4. The van der Waals surface area contributed by atoms with Crippen molar-refractivity contribution in [3.63, 3.8) is 0 Å². The van der Waals surface area contributed by atoms with Gasteiger partial charge in [-0.25, -0.2) is 4.79 Å². The maximum atomic E-state index is 14.0. The van der Waals surface area contributed by atoms with Crippen molar-refractivity contribution in [2.45, 2.75) is 56.9 Å².